The number of amides is 1. The number of benzene rings is 2. The average Bonchev–Trinajstić information content (AvgIpc) is 3.29. The third-order valence-electron chi connectivity index (χ3n) is 4.96. The SMILES string of the molecule is O=C(O)[C@H](Cc1ccc(-c2ccccc2)cc1)NC(=O)[C@H](Cc1cccs1)NCP(=O)(O)O. The third-order valence-corrected chi connectivity index (χ3v) is 6.45. The summed E-state index contributed by atoms with van der Waals surface area (Å²) in [5, 5.41) is 16.6. The van der Waals surface area contributed by atoms with E-state index in [-0.39, 0.29) is 12.8 Å². The Bertz CT molecular complexity index is 1100. The second kappa shape index (κ2) is 11.4. The maximum atomic E-state index is 12.8. The van der Waals surface area contributed by atoms with Crippen LogP contribution in [0, 0.1) is 0 Å². The number of carbonyl (C=O) groups is 2. The zero-order valence-electron chi connectivity index (χ0n) is 17.6. The minimum Gasteiger partial charge on any atom is -0.480 e. The molecule has 0 bridgehead atoms. The van der Waals surface area contributed by atoms with Crippen molar-refractivity contribution in [2.75, 3.05) is 6.29 Å². The fourth-order valence-corrected chi connectivity index (χ4v) is 4.50. The van der Waals surface area contributed by atoms with E-state index < -0.39 is 37.8 Å². The van der Waals surface area contributed by atoms with Crippen molar-refractivity contribution in [3.8, 4) is 11.1 Å². The van der Waals surface area contributed by atoms with Gasteiger partial charge < -0.3 is 20.2 Å². The Kier molecular flexibility index (Phi) is 8.55. The van der Waals surface area contributed by atoms with Crippen molar-refractivity contribution < 1.29 is 29.0 Å². The van der Waals surface area contributed by atoms with E-state index >= 15 is 0 Å². The van der Waals surface area contributed by atoms with Crippen molar-refractivity contribution >= 4 is 30.8 Å². The van der Waals surface area contributed by atoms with E-state index in [1.807, 2.05) is 60.0 Å². The first-order chi connectivity index (χ1) is 15.7. The second-order valence-electron chi connectivity index (χ2n) is 7.53. The highest BCUT2D eigenvalue weighted by atomic mass is 32.1. The maximum absolute atomic E-state index is 12.8. The number of aliphatic carboxylic acids is 1. The highest BCUT2D eigenvalue weighted by molar-refractivity contribution is 7.51. The molecule has 3 rings (SSSR count). The summed E-state index contributed by atoms with van der Waals surface area (Å²) in [6.45, 7) is 0. The Morgan fingerprint density at radius 1 is 0.879 bits per heavy atom. The fourth-order valence-electron chi connectivity index (χ4n) is 3.29. The lowest BCUT2D eigenvalue weighted by Crippen LogP contribution is -2.51. The van der Waals surface area contributed by atoms with Crippen molar-refractivity contribution in [3.63, 3.8) is 0 Å². The van der Waals surface area contributed by atoms with Gasteiger partial charge in [0.05, 0.1) is 12.3 Å². The van der Waals surface area contributed by atoms with Crippen LogP contribution >= 0.6 is 18.9 Å². The Morgan fingerprint density at radius 3 is 2.12 bits per heavy atom. The smallest absolute Gasteiger partial charge is 0.339 e. The number of hydrogen-bond donors (Lipinski definition) is 5. The molecule has 0 fully saturated rings. The van der Waals surface area contributed by atoms with Crippen LogP contribution in [0.4, 0.5) is 0 Å². The van der Waals surface area contributed by atoms with E-state index in [9.17, 15) is 19.3 Å². The number of thiophene rings is 1. The molecule has 1 heterocycles. The lowest BCUT2D eigenvalue weighted by Gasteiger charge is -2.21. The van der Waals surface area contributed by atoms with Crippen LogP contribution in [0.1, 0.15) is 10.4 Å². The van der Waals surface area contributed by atoms with Crippen molar-refractivity contribution in [1.82, 2.24) is 10.6 Å². The Hall–Kier alpha value is -2.81. The third kappa shape index (κ3) is 7.92. The number of nitrogens with one attached hydrogen (secondary N) is 2. The molecule has 0 aliphatic rings. The topological polar surface area (TPSA) is 136 Å². The summed E-state index contributed by atoms with van der Waals surface area (Å²) in [5.41, 5.74) is 2.77. The van der Waals surface area contributed by atoms with Gasteiger partial charge in [-0.25, -0.2) is 4.79 Å². The van der Waals surface area contributed by atoms with Gasteiger partial charge in [-0.15, -0.1) is 11.3 Å². The highest BCUT2D eigenvalue weighted by Crippen LogP contribution is 2.32. The van der Waals surface area contributed by atoms with Crippen LogP contribution in [-0.2, 0) is 27.0 Å². The normalized spacial score (nSPS) is 13.3. The fraction of sp³-hybridized carbons (Fsp3) is 0.217. The van der Waals surface area contributed by atoms with Crippen LogP contribution in [0.5, 0.6) is 0 Å². The lowest BCUT2D eigenvalue weighted by molar-refractivity contribution is -0.142. The summed E-state index contributed by atoms with van der Waals surface area (Å²) >= 11 is 1.40. The number of carboxylic acid groups (broad SMARTS) is 1. The Labute approximate surface area is 195 Å². The Morgan fingerprint density at radius 2 is 1.55 bits per heavy atom. The molecule has 2 aromatic carbocycles. The van der Waals surface area contributed by atoms with Gasteiger partial charge in [0.1, 0.15) is 6.04 Å². The predicted octanol–water partition coefficient (Wildman–Crippen LogP) is 2.86. The monoisotopic (exact) mass is 488 g/mol. The molecule has 33 heavy (non-hydrogen) atoms. The van der Waals surface area contributed by atoms with Gasteiger partial charge in [-0.05, 0) is 28.1 Å². The molecule has 3 aromatic rings. The number of carbonyl (C=O) groups excluding carboxylic acids is 1. The van der Waals surface area contributed by atoms with E-state index in [1.165, 1.54) is 11.3 Å². The summed E-state index contributed by atoms with van der Waals surface area (Å²) in [6, 6.07) is 18.6. The first-order valence-corrected chi connectivity index (χ1v) is 12.9. The molecule has 0 saturated carbocycles. The first kappa shape index (κ1) is 24.8. The van der Waals surface area contributed by atoms with Crippen molar-refractivity contribution in [3.05, 3.63) is 82.6 Å². The van der Waals surface area contributed by atoms with Gasteiger partial charge in [-0.3, -0.25) is 14.7 Å². The molecule has 10 heteroatoms. The van der Waals surface area contributed by atoms with Crippen molar-refractivity contribution in [2.24, 2.45) is 0 Å². The zero-order chi connectivity index (χ0) is 23.8. The molecule has 8 nitrogen and oxygen atoms in total. The second-order valence-corrected chi connectivity index (χ2v) is 10.2. The number of carboxylic acids is 1. The van der Waals surface area contributed by atoms with E-state index in [0.29, 0.717) is 0 Å². The van der Waals surface area contributed by atoms with Crippen molar-refractivity contribution in [2.45, 2.75) is 24.9 Å². The molecular formula is C23H25N2O6PS. The van der Waals surface area contributed by atoms with E-state index in [0.717, 1.165) is 21.6 Å². The number of rotatable bonds is 11. The highest BCUT2D eigenvalue weighted by Gasteiger charge is 2.27. The van der Waals surface area contributed by atoms with Gasteiger partial charge >= 0.3 is 13.6 Å². The zero-order valence-corrected chi connectivity index (χ0v) is 19.3. The molecule has 2 atom stereocenters. The van der Waals surface area contributed by atoms with Crippen LogP contribution in [0.2, 0.25) is 0 Å². The summed E-state index contributed by atoms with van der Waals surface area (Å²) in [6.07, 6.45) is -0.433. The molecule has 174 valence electrons. The van der Waals surface area contributed by atoms with Crippen LogP contribution < -0.4 is 10.6 Å². The van der Waals surface area contributed by atoms with Crippen LogP contribution in [0.3, 0.4) is 0 Å². The standard InChI is InChI=1S/C23H25N2O6PS/c26-22(20(24-15-32(29,30)31)14-19-7-4-12-33-19)25-21(23(27)28)13-16-8-10-18(11-9-16)17-5-2-1-3-6-17/h1-12,20-21,24H,13-15H2,(H,25,26)(H,27,28)(H2,29,30,31)/t20-,21-/m0/s1. The van der Waals surface area contributed by atoms with Crippen LogP contribution in [0.25, 0.3) is 11.1 Å². The van der Waals surface area contributed by atoms with E-state index in [4.69, 9.17) is 9.79 Å². The molecule has 0 saturated heterocycles. The molecule has 5 N–H and O–H groups in total. The van der Waals surface area contributed by atoms with Gasteiger partial charge in [0.2, 0.25) is 5.91 Å². The summed E-state index contributed by atoms with van der Waals surface area (Å²) in [4.78, 5) is 43.8. The van der Waals surface area contributed by atoms with Gasteiger partial charge in [-0.2, -0.15) is 0 Å². The molecule has 0 aliphatic carbocycles. The summed E-state index contributed by atoms with van der Waals surface area (Å²) in [7, 11) is -4.39. The van der Waals surface area contributed by atoms with Crippen molar-refractivity contribution in [1.29, 1.82) is 0 Å². The van der Waals surface area contributed by atoms with Gasteiger partial charge in [0.25, 0.3) is 0 Å². The minimum atomic E-state index is -4.39. The van der Waals surface area contributed by atoms with Crippen LogP contribution in [0.15, 0.2) is 72.1 Å². The molecule has 1 amide bonds. The first-order valence-electron chi connectivity index (χ1n) is 10.2. The van der Waals surface area contributed by atoms with Gasteiger partial charge in [0, 0.05) is 17.7 Å². The van der Waals surface area contributed by atoms with Crippen LogP contribution in [-0.4, -0.2) is 45.1 Å². The molecule has 0 spiro atoms. The molecule has 0 aliphatic heterocycles. The lowest BCUT2D eigenvalue weighted by atomic mass is 10.0. The average molecular weight is 489 g/mol. The molecule has 1 aromatic heterocycles. The molecule has 0 radical (unpaired) electrons. The summed E-state index contributed by atoms with van der Waals surface area (Å²) < 4.78 is 11.3. The van der Waals surface area contributed by atoms with E-state index in [2.05, 4.69) is 10.6 Å². The van der Waals surface area contributed by atoms with Gasteiger partial charge in [0.15, 0.2) is 0 Å². The Balaban J connectivity index is 1.69. The number of hydrogen-bond acceptors (Lipinski definition) is 5. The maximum Gasteiger partial charge on any atom is 0.339 e. The minimum absolute atomic E-state index is 0.0698. The molecular weight excluding hydrogens is 463 g/mol. The van der Waals surface area contributed by atoms with E-state index in [1.54, 1.807) is 12.1 Å². The quantitative estimate of drug-likeness (QED) is 0.262. The molecule has 0 unspecified atom stereocenters. The predicted molar refractivity (Wildman–Crippen MR) is 127 cm³/mol. The summed E-state index contributed by atoms with van der Waals surface area (Å²) in [5.74, 6) is -1.83. The largest absolute Gasteiger partial charge is 0.480 e. The van der Waals surface area contributed by atoms with Gasteiger partial charge in [-0.1, -0.05) is 60.7 Å².